The van der Waals surface area contributed by atoms with Crippen LogP contribution < -0.4 is 5.32 Å². The Kier molecular flexibility index (Phi) is 2.90. The van der Waals surface area contributed by atoms with Crippen molar-refractivity contribution < 1.29 is 0 Å². The molecule has 0 amide bonds. The second-order valence-electron chi connectivity index (χ2n) is 3.57. The Morgan fingerprint density at radius 1 is 1.54 bits per heavy atom. The standard InChI is InChI=1S/C9H15N3S/c1-2-8-9(13-12-11-8)6-10-5-7-3-4-7/h7,10H,2-6H2,1H3. The topological polar surface area (TPSA) is 37.8 Å². The minimum Gasteiger partial charge on any atom is -0.311 e. The highest BCUT2D eigenvalue weighted by Gasteiger charge is 2.20. The van der Waals surface area contributed by atoms with Gasteiger partial charge in [-0.2, -0.15) is 0 Å². The van der Waals surface area contributed by atoms with E-state index >= 15 is 0 Å². The van der Waals surface area contributed by atoms with Gasteiger partial charge in [0.05, 0.1) is 10.6 Å². The molecule has 1 heterocycles. The van der Waals surface area contributed by atoms with E-state index in [1.807, 2.05) is 0 Å². The van der Waals surface area contributed by atoms with Gasteiger partial charge in [-0.3, -0.25) is 0 Å². The summed E-state index contributed by atoms with van der Waals surface area (Å²) in [6.07, 6.45) is 3.82. The van der Waals surface area contributed by atoms with Crippen molar-refractivity contribution in [3.63, 3.8) is 0 Å². The van der Waals surface area contributed by atoms with E-state index in [4.69, 9.17) is 0 Å². The van der Waals surface area contributed by atoms with E-state index in [-0.39, 0.29) is 0 Å². The van der Waals surface area contributed by atoms with Crippen LogP contribution in [0.15, 0.2) is 0 Å². The van der Waals surface area contributed by atoms with Gasteiger partial charge >= 0.3 is 0 Å². The number of hydrogen-bond acceptors (Lipinski definition) is 4. The number of aryl methyl sites for hydroxylation is 1. The maximum atomic E-state index is 4.08. The summed E-state index contributed by atoms with van der Waals surface area (Å²) in [6, 6.07) is 0. The first kappa shape index (κ1) is 9.09. The first-order chi connectivity index (χ1) is 6.40. The zero-order chi connectivity index (χ0) is 9.10. The van der Waals surface area contributed by atoms with Crippen LogP contribution in [0.2, 0.25) is 0 Å². The largest absolute Gasteiger partial charge is 0.311 e. The van der Waals surface area contributed by atoms with Crippen LogP contribution in [0.3, 0.4) is 0 Å². The lowest BCUT2D eigenvalue weighted by Gasteiger charge is -2.01. The summed E-state index contributed by atoms with van der Waals surface area (Å²) in [5.41, 5.74) is 1.16. The highest BCUT2D eigenvalue weighted by molar-refractivity contribution is 7.05. The Bertz CT molecular complexity index is 268. The molecule has 1 N–H and O–H groups in total. The van der Waals surface area contributed by atoms with Gasteiger partial charge < -0.3 is 5.32 Å². The van der Waals surface area contributed by atoms with Crippen molar-refractivity contribution in [2.24, 2.45) is 5.92 Å². The molecule has 1 aromatic rings. The van der Waals surface area contributed by atoms with Crippen LogP contribution in [0, 0.1) is 5.92 Å². The van der Waals surface area contributed by atoms with Crippen molar-refractivity contribution in [1.29, 1.82) is 0 Å². The predicted molar refractivity (Wildman–Crippen MR) is 53.7 cm³/mol. The molecule has 0 radical (unpaired) electrons. The van der Waals surface area contributed by atoms with Crippen LogP contribution in [0.25, 0.3) is 0 Å². The second kappa shape index (κ2) is 4.15. The first-order valence-electron chi connectivity index (χ1n) is 4.91. The molecule has 3 nitrogen and oxygen atoms in total. The van der Waals surface area contributed by atoms with Crippen molar-refractivity contribution in [2.45, 2.75) is 32.7 Å². The second-order valence-corrected chi connectivity index (χ2v) is 4.41. The van der Waals surface area contributed by atoms with E-state index < -0.39 is 0 Å². The SMILES string of the molecule is CCc1nnsc1CNCC1CC1. The first-order valence-corrected chi connectivity index (χ1v) is 5.68. The predicted octanol–water partition coefficient (Wildman–Crippen LogP) is 1.60. The minimum atomic E-state index is 0.950. The van der Waals surface area contributed by atoms with Crippen molar-refractivity contribution >= 4 is 11.5 Å². The van der Waals surface area contributed by atoms with E-state index in [1.54, 1.807) is 0 Å². The summed E-state index contributed by atoms with van der Waals surface area (Å²) in [5.74, 6) is 0.950. The molecule has 0 atom stereocenters. The lowest BCUT2D eigenvalue weighted by molar-refractivity contribution is 0.640. The van der Waals surface area contributed by atoms with Crippen molar-refractivity contribution in [3.05, 3.63) is 10.6 Å². The van der Waals surface area contributed by atoms with E-state index in [9.17, 15) is 0 Å². The third-order valence-electron chi connectivity index (χ3n) is 2.38. The summed E-state index contributed by atoms with van der Waals surface area (Å²) >= 11 is 1.52. The van der Waals surface area contributed by atoms with E-state index in [0.29, 0.717) is 0 Å². The molecule has 1 saturated carbocycles. The van der Waals surface area contributed by atoms with E-state index in [0.717, 1.165) is 24.6 Å². The van der Waals surface area contributed by atoms with Gasteiger partial charge in [-0.15, -0.1) is 5.10 Å². The number of rotatable bonds is 5. The van der Waals surface area contributed by atoms with E-state index in [1.165, 1.54) is 35.8 Å². The summed E-state index contributed by atoms with van der Waals surface area (Å²) in [7, 11) is 0. The monoisotopic (exact) mass is 197 g/mol. The van der Waals surface area contributed by atoms with Gasteiger partial charge in [0, 0.05) is 6.54 Å². The van der Waals surface area contributed by atoms with Gasteiger partial charge in [0.25, 0.3) is 0 Å². The molecule has 0 saturated heterocycles. The fourth-order valence-electron chi connectivity index (χ4n) is 1.34. The molecule has 13 heavy (non-hydrogen) atoms. The fourth-order valence-corrected chi connectivity index (χ4v) is 2.04. The molecule has 1 fully saturated rings. The molecule has 1 aromatic heterocycles. The summed E-state index contributed by atoms with van der Waals surface area (Å²) in [4.78, 5) is 1.31. The Morgan fingerprint density at radius 3 is 3.08 bits per heavy atom. The van der Waals surface area contributed by atoms with Gasteiger partial charge in [0.1, 0.15) is 0 Å². The van der Waals surface area contributed by atoms with Gasteiger partial charge in [0.2, 0.25) is 0 Å². The molecule has 4 heteroatoms. The lowest BCUT2D eigenvalue weighted by atomic mass is 10.3. The molecular formula is C9H15N3S. The summed E-state index contributed by atoms with van der Waals surface area (Å²) in [6.45, 7) is 4.25. The Balaban J connectivity index is 1.78. The van der Waals surface area contributed by atoms with Crippen LogP contribution in [-0.2, 0) is 13.0 Å². The molecule has 72 valence electrons. The summed E-state index contributed by atoms with van der Waals surface area (Å²) in [5, 5.41) is 7.53. The van der Waals surface area contributed by atoms with E-state index in [2.05, 4.69) is 21.8 Å². The van der Waals surface area contributed by atoms with Crippen molar-refractivity contribution in [3.8, 4) is 0 Å². The molecule has 0 bridgehead atoms. The smallest absolute Gasteiger partial charge is 0.0797 e. The number of nitrogens with one attached hydrogen (secondary N) is 1. The maximum absolute atomic E-state index is 4.08. The highest BCUT2D eigenvalue weighted by Crippen LogP contribution is 2.27. The van der Waals surface area contributed by atoms with Gasteiger partial charge in [-0.1, -0.05) is 11.4 Å². The van der Waals surface area contributed by atoms with Crippen LogP contribution in [0.5, 0.6) is 0 Å². The maximum Gasteiger partial charge on any atom is 0.0797 e. The number of aromatic nitrogens is 2. The zero-order valence-corrected chi connectivity index (χ0v) is 8.73. The molecule has 0 aliphatic heterocycles. The Morgan fingerprint density at radius 2 is 2.38 bits per heavy atom. The van der Waals surface area contributed by atoms with Gasteiger partial charge in [0.15, 0.2) is 0 Å². The molecule has 0 aromatic carbocycles. The van der Waals surface area contributed by atoms with Crippen LogP contribution in [0.1, 0.15) is 30.3 Å². The lowest BCUT2D eigenvalue weighted by Crippen LogP contribution is -2.16. The average Bonchev–Trinajstić information content (AvgIpc) is 2.84. The normalized spacial score (nSPS) is 16.4. The number of hydrogen-bond donors (Lipinski definition) is 1. The summed E-state index contributed by atoms with van der Waals surface area (Å²) < 4.78 is 3.96. The van der Waals surface area contributed by atoms with Gasteiger partial charge in [-0.05, 0) is 43.3 Å². The Hall–Kier alpha value is -0.480. The Labute approximate surface area is 82.7 Å². The molecule has 0 unspecified atom stereocenters. The van der Waals surface area contributed by atoms with Gasteiger partial charge in [-0.25, -0.2) is 0 Å². The third kappa shape index (κ3) is 2.48. The zero-order valence-electron chi connectivity index (χ0n) is 7.92. The van der Waals surface area contributed by atoms with Crippen LogP contribution >= 0.6 is 11.5 Å². The molecule has 0 spiro atoms. The minimum absolute atomic E-state index is 0.950. The molecule has 2 rings (SSSR count). The van der Waals surface area contributed by atoms with Crippen LogP contribution in [0.4, 0.5) is 0 Å². The number of nitrogens with zero attached hydrogens (tertiary/aromatic N) is 2. The van der Waals surface area contributed by atoms with Crippen molar-refractivity contribution in [1.82, 2.24) is 14.9 Å². The third-order valence-corrected chi connectivity index (χ3v) is 3.15. The highest BCUT2D eigenvalue weighted by atomic mass is 32.1. The quantitative estimate of drug-likeness (QED) is 0.779. The van der Waals surface area contributed by atoms with Crippen LogP contribution in [-0.4, -0.2) is 16.1 Å². The van der Waals surface area contributed by atoms with Crippen molar-refractivity contribution in [2.75, 3.05) is 6.54 Å². The molecule has 1 aliphatic carbocycles. The molecular weight excluding hydrogens is 182 g/mol. The molecule has 1 aliphatic rings. The fraction of sp³-hybridized carbons (Fsp3) is 0.778. The average molecular weight is 197 g/mol.